The lowest BCUT2D eigenvalue weighted by molar-refractivity contribution is -0.130. The molecule has 3 aliphatic heterocycles. The number of nitrogens with two attached hydrogens (primary N) is 1. The number of carbonyl (C=O) groups is 3. The number of nitrogens with one attached hydrogen (secondary N) is 1. The van der Waals surface area contributed by atoms with Gasteiger partial charge in [0.25, 0.3) is 5.96 Å². The SMILES string of the molecule is CC(=O)NC[C@H]1CN(c2cc(F)c(N3CCC(N=NC(=NN)N4CCN(C(C)=O)CC4)CC3)c(F)c2)C(=O)O1. The topological polar surface area (TPSA) is 149 Å². The Morgan fingerprint density at radius 2 is 1.67 bits per heavy atom. The van der Waals surface area contributed by atoms with Crippen LogP contribution in [0.3, 0.4) is 0 Å². The first-order valence-corrected chi connectivity index (χ1v) is 12.8. The number of amides is 3. The molecular formula is C24H33F2N9O4. The molecule has 3 aliphatic rings. The molecule has 0 aromatic heterocycles. The summed E-state index contributed by atoms with van der Waals surface area (Å²) in [7, 11) is 0. The number of piperidine rings is 1. The molecule has 3 N–H and O–H groups in total. The Labute approximate surface area is 224 Å². The van der Waals surface area contributed by atoms with E-state index in [1.165, 1.54) is 13.8 Å². The molecule has 1 aromatic rings. The van der Waals surface area contributed by atoms with Crippen LogP contribution in [-0.2, 0) is 14.3 Å². The normalized spacial score (nSPS) is 21.1. The van der Waals surface area contributed by atoms with E-state index in [0.29, 0.717) is 52.1 Å². The van der Waals surface area contributed by atoms with E-state index in [1.54, 1.807) is 9.80 Å². The van der Waals surface area contributed by atoms with Crippen LogP contribution >= 0.6 is 0 Å². The molecule has 0 aliphatic carbocycles. The fraction of sp³-hybridized carbons (Fsp3) is 0.583. The summed E-state index contributed by atoms with van der Waals surface area (Å²) >= 11 is 0. The van der Waals surface area contributed by atoms with Crippen molar-refractivity contribution >= 4 is 35.2 Å². The van der Waals surface area contributed by atoms with Gasteiger partial charge in [0, 0.05) is 65.2 Å². The highest BCUT2D eigenvalue weighted by atomic mass is 19.1. The molecule has 1 aromatic carbocycles. The molecular weight excluding hydrogens is 516 g/mol. The first-order chi connectivity index (χ1) is 18.7. The van der Waals surface area contributed by atoms with Gasteiger partial charge in [0.05, 0.1) is 24.8 Å². The van der Waals surface area contributed by atoms with E-state index in [1.807, 2.05) is 4.90 Å². The number of halogens is 2. The summed E-state index contributed by atoms with van der Waals surface area (Å²) in [6.07, 6.45) is -0.313. The summed E-state index contributed by atoms with van der Waals surface area (Å²) in [5.74, 6) is 3.98. The minimum atomic E-state index is -0.787. The Balaban J connectivity index is 1.33. The summed E-state index contributed by atoms with van der Waals surface area (Å²) in [5.41, 5.74) is -0.116. The number of cyclic esters (lactones) is 1. The first kappa shape index (κ1) is 28.0. The highest BCUT2D eigenvalue weighted by Gasteiger charge is 2.34. The van der Waals surface area contributed by atoms with E-state index < -0.39 is 23.8 Å². The smallest absolute Gasteiger partial charge is 0.414 e. The number of anilines is 2. The summed E-state index contributed by atoms with van der Waals surface area (Å²) in [4.78, 5) is 41.2. The van der Waals surface area contributed by atoms with Crippen LogP contribution in [0, 0.1) is 11.6 Å². The van der Waals surface area contributed by atoms with E-state index in [-0.39, 0.29) is 48.3 Å². The molecule has 3 amide bonds. The maximum Gasteiger partial charge on any atom is 0.414 e. The molecule has 0 saturated carbocycles. The van der Waals surface area contributed by atoms with Crippen LogP contribution in [0.1, 0.15) is 26.7 Å². The quantitative estimate of drug-likeness (QED) is 0.185. The monoisotopic (exact) mass is 549 g/mol. The minimum Gasteiger partial charge on any atom is -0.442 e. The predicted octanol–water partition coefficient (Wildman–Crippen LogP) is 1.24. The van der Waals surface area contributed by atoms with Crippen molar-refractivity contribution in [2.24, 2.45) is 21.2 Å². The van der Waals surface area contributed by atoms with Crippen LogP contribution in [0.15, 0.2) is 27.5 Å². The Morgan fingerprint density at radius 1 is 1.05 bits per heavy atom. The maximum absolute atomic E-state index is 15.1. The Kier molecular flexibility index (Phi) is 8.76. The molecule has 0 spiro atoms. The third kappa shape index (κ3) is 6.70. The van der Waals surface area contributed by atoms with Crippen LogP contribution in [0.2, 0.25) is 0 Å². The van der Waals surface area contributed by atoms with E-state index >= 15 is 8.78 Å². The molecule has 3 saturated heterocycles. The van der Waals surface area contributed by atoms with Crippen molar-refractivity contribution in [3.63, 3.8) is 0 Å². The van der Waals surface area contributed by atoms with Gasteiger partial charge in [0.2, 0.25) is 11.8 Å². The molecule has 13 nitrogen and oxygen atoms in total. The van der Waals surface area contributed by atoms with Gasteiger partial charge in [-0.1, -0.05) is 0 Å². The third-order valence-corrected chi connectivity index (χ3v) is 6.98. The number of hydrazone groups is 1. The van der Waals surface area contributed by atoms with Gasteiger partial charge in [-0.05, 0) is 12.8 Å². The minimum absolute atomic E-state index is 0.0164. The number of rotatable bonds is 5. The number of carbonyl (C=O) groups excluding carboxylic acids is 3. The summed E-state index contributed by atoms with van der Waals surface area (Å²) < 4.78 is 35.4. The number of hydrogen-bond donors (Lipinski definition) is 2. The lowest BCUT2D eigenvalue weighted by Gasteiger charge is -2.34. The molecule has 3 fully saturated rings. The van der Waals surface area contributed by atoms with Gasteiger partial charge < -0.3 is 30.6 Å². The molecule has 15 heteroatoms. The second-order valence-corrected chi connectivity index (χ2v) is 9.67. The molecule has 0 unspecified atom stereocenters. The molecule has 212 valence electrons. The van der Waals surface area contributed by atoms with Crippen LogP contribution < -0.4 is 21.0 Å². The highest BCUT2D eigenvalue weighted by Crippen LogP contribution is 2.32. The van der Waals surface area contributed by atoms with E-state index in [0.717, 1.165) is 17.0 Å². The maximum atomic E-state index is 15.1. The lowest BCUT2D eigenvalue weighted by atomic mass is 10.0. The van der Waals surface area contributed by atoms with Crippen molar-refractivity contribution < 1.29 is 27.9 Å². The molecule has 0 radical (unpaired) electrons. The number of nitrogens with zero attached hydrogens (tertiary/aromatic N) is 7. The summed E-state index contributed by atoms with van der Waals surface area (Å²) in [6.45, 7) is 5.96. The zero-order chi connectivity index (χ0) is 28.1. The van der Waals surface area contributed by atoms with E-state index in [4.69, 9.17) is 10.6 Å². The number of benzene rings is 1. The number of piperazine rings is 1. The number of guanidine groups is 1. The Bertz CT molecular complexity index is 1130. The summed E-state index contributed by atoms with van der Waals surface area (Å²) in [6, 6.07) is 2.06. The van der Waals surface area contributed by atoms with Gasteiger partial charge in [0.1, 0.15) is 11.8 Å². The number of ether oxygens (including phenoxy) is 1. The highest BCUT2D eigenvalue weighted by molar-refractivity contribution is 5.90. The number of azo groups is 1. The lowest BCUT2D eigenvalue weighted by Crippen LogP contribution is -2.49. The largest absolute Gasteiger partial charge is 0.442 e. The zero-order valence-electron chi connectivity index (χ0n) is 22.0. The second-order valence-electron chi connectivity index (χ2n) is 9.67. The van der Waals surface area contributed by atoms with Crippen molar-refractivity contribution in [1.29, 1.82) is 0 Å². The average Bonchev–Trinajstić information content (AvgIpc) is 3.29. The van der Waals surface area contributed by atoms with Crippen LogP contribution in [0.4, 0.5) is 25.0 Å². The van der Waals surface area contributed by atoms with Crippen molar-refractivity contribution in [2.75, 3.05) is 62.2 Å². The van der Waals surface area contributed by atoms with Gasteiger partial charge in [-0.3, -0.25) is 14.5 Å². The third-order valence-electron chi connectivity index (χ3n) is 6.98. The molecule has 4 rings (SSSR count). The Morgan fingerprint density at radius 3 is 2.23 bits per heavy atom. The van der Waals surface area contributed by atoms with Gasteiger partial charge in [0.15, 0.2) is 11.6 Å². The van der Waals surface area contributed by atoms with Gasteiger partial charge in [-0.25, -0.2) is 13.6 Å². The second kappa shape index (κ2) is 12.2. The van der Waals surface area contributed by atoms with Crippen LogP contribution in [0.5, 0.6) is 0 Å². The predicted molar refractivity (Wildman–Crippen MR) is 138 cm³/mol. The number of hydrogen-bond acceptors (Lipinski definition) is 8. The van der Waals surface area contributed by atoms with Gasteiger partial charge >= 0.3 is 6.09 Å². The van der Waals surface area contributed by atoms with Crippen LogP contribution in [-0.4, -0.2) is 98.2 Å². The molecule has 0 bridgehead atoms. The van der Waals surface area contributed by atoms with Crippen molar-refractivity contribution in [2.45, 2.75) is 38.8 Å². The van der Waals surface area contributed by atoms with E-state index in [9.17, 15) is 14.4 Å². The fourth-order valence-electron chi connectivity index (χ4n) is 4.84. The Hall–Kier alpha value is -4.04. The van der Waals surface area contributed by atoms with Gasteiger partial charge in [-0.2, -0.15) is 5.11 Å². The van der Waals surface area contributed by atoms with Crippen molar-refractivity contribution in [3.05, 3.63) is 23.8 Å². The van der Waals surface area contributed by atoms with Crippen LogP contribution in [0.25, 0.3) is 0 Å². The molecule has 1 atom stereocenters. The zero-order valence-corrected chi connectivity index (χ0v) is 22.0. The molecule has 39 heavy (non-hydrogen) atoms. The molecule has 3 heterocycles. The fourth-order valence-corrected chi connectivity index (χ4v) is 4.84. The van der Waals surface area contributed by atoms with Crippen molar-refractivity contribution in [3.8, 4) is 0 Å². The van der Waals surface area contributed by atoms with Gasteiger partial charge in [-0.15, -0.1) is 10.2 Å². The standard InChI is InChI=1S/C24H33F2N9O4/c1-15(36)28-13-19-14-35(24(38)39-19)18-11-20(25)22(21(26)12-18)33-5-3-17(4-6-33)30-31-23(29-27)34-9-7-32(8-10-34)16(2)37/h11-12,17,19H,3-10,13-14,27H2,1-2H3,(H,28,36)/t19-/m0/s1. The van der Waals surface area contributed by atoms with E-state index in [2.05, 4.69) is 20.6 Å². The first-order valence-electron chi connectivity index (χ1n) is 12.8. The van der Waals surface area contributed by atoms with Crippen molar-refractivity contribution in [1.82, 2.24) is 15.1 Å². The average molecular weight is 550 g/mol. The summed E-state index contributed by atoms with van der Waals surface area (Å²) in [5, 5.41) is 14.9.